The Labute approximate surface area is 107 Å². The summed E-state index contributed by atoms with van der Waals surface area (Å²) in [5.41, 5.74) is 7.69. The molecule has 4 nitrogen and oxygen atoms in total. The SMILES string of the molecule is NC(Cc1ccc(CC2CCCO2)cc1)C(=O)O. The molecule has 2 atom stereocenters. The summed E-state index contributed by atoms with van der Waals surface area (Å²) in [5.74, 6) is -0.960. The van der Waals surface area contributed by atoms with Crippen LogP contribution in [0.15, 0.2) is 24.3 Å². The van der Waals surface area contributed by atoms with Gasteiger partial charge in [-0.1, -0.05) is 24.3 Å². The van der Waals surface area contributed by atoms with Crippen molar-refractivity contribution in [1.82, 2.24) is 0 Å². The van der Waals surface area contributed by atoms with Gasteiger partial charge >= 0.3 is 5.97 Å². The largest absolute Gasteiger partial charge is 0.480 e. The van der Waals surface area contributed by atoms with Crippen molar-refractivity contribution in [2.45, 2.75) is 37.8 Å². The van der Waals surface area contributed by atoms with Crippen LogP contribution in [0.25, 0.3) is 0 Å². The minimum Gasteiger partial charge on any atom is -0.480 e. The van der Waals surface area contributed by atoms with Crippen LogP contribution >= 0.6 is 0 Å². The molecule has 1 aromatic rings. The van der Waals surface area contributed by atoms with E-state index in [4.69, 9.17) is 15.6 Å². The van der Waals surface area contributed by atoms with Crippen molar-refractivity contribution in [3.05, 3.63) is 35.4 Å². The second-order valence-electron chi connectivity index (χ2n) is 4.80. The Bertz CT molecular complexity index is 396. The van der Waals surface area contributed by atoms with E-state index < -0.39 is 12.0 Å². The molecule has 1 aromatic carbocycles. The van der Waals surface area contributed by atoms with Gasteiger partial charge in [-0.2, -0.15) is 0 Å². The molecule has 18 heavy (non-hydrogen) atoms. The van der Waals surface area contributed by atoms with E-state index in [0.29, 0.717) is 12.5 Å². The molecule has 0 aromatic heterocycles. The fraction of sp³-hybridized carbons (Fsp3) is 0.500. The summed E-state index contributed by atoms with van der Waals surface area (Å²) in [6, 6.07) is 7.14. The molecule has 1 saturated heterocycles. The fourth-order valence-corrected chi connectivity index (χ4v) is 2.22. The van der Waals surface area contributed by atoms with Crippen molar-refractivity contribution in [3.63, 3.8) is 0 Å². The minimum atomic E-state index is -0.960. The number of rotatable bonds is 5. The second-order valence-corrected chi connectivity index (χ2v) is 4.80. The van der Waals surface area contributed by atoms with Crippen LogP contribution in [-0.4, -0.2) is 29.8 Å². The first kappa shape index (κ1) is 13.1. The van der Waals surface area contributed by atoms with Gasteiger partial charge in [-0.15, -0.1) is 0 Å². The zero-order chi connectivity index (χ0) is 13.0. The summed E-state index contributed by atoms with van der Waals surface area (Å²) < 4.78 is 5.59. The molecule has 4 heteroatoms. The Balaban J connectivity index is 1.90. The number of aliphatic carboxylic acids is 1. The predicted octanol–water partition coefficient (Wildman–Crippen LogP) is 1.36. The molecule has 0 spiro atoms. The maximum Gasteiger partial charge on any atom is 0.320 e. The number of benzene rings is 1. The topological polar surface area (TPSA) is 72.5 Å². The van der Waals surface area contributed by atoms with Crippen LogP contribution in [0.1, 0.15) is 24.0 Å². The van der Waals surface area contributed by atoms with Crippen molar-refractivity contribution in [3.8, 4) is 0 Å². The van der Waals surface area contributed by atoms with Gasteiger partial charge in [0, 0.05) is 6.61 Å². The summed E-state index contributed by atoms with van der Waals surface area (Å²) >= 11 is 0. The van der Waals surface area contributed by atoms with E-state index >= 15 is 0 Å². The molecule has 0 radical (unpaired) electrons. The maximum atomic E-state index is 10.7. The third-order valence-corrected chi connectivity index (χ3v) is 3.28. The first-order valence-electron chi connectivity index (χ1n) is 6.33. The third kappa shape index (κ3) is 3.55. The van der Waals surface area contributed by atoms with Crippen molar-refractivity contribution in [1.29, 1.82) is 0 Å². The zero-order valence-electron chi connectivity index (χ0n) is 10.3. The van der Waals surface area contributed by atoms with Gasteiger partial charge in [0.1, 0.15) is 6.04 Å². The highest BCUT2D eigenvalue weighted by Crippen LogP contribution is 2.17. The van der Waals surface area contributed by atoms with Gasteiger partial charge in [0.2, 0.25) is 0 Å². The average Bonchev–Trinajstić information content (AvgIpc) is 2.84. The van der Waals surface area contributed by atoms with E-state index in [1.165, 1.54) is 5.56 Å². The molecule has 3 N–H and O–H groups in total. The van der Waals surface area contributed by atoms with Crippen LogP contribution in [0.2, 0.25) is 0 Å². The normalized spacial score (nSPS) is 20.8. The van der Waals surface area contributed by atoms with E-state index in [2.05, 4.69) is 0 Å². The number of hydrogen-bond donors (Lipinski definition) is 2. The van der Waals surface area contributed by atoms with Crippen LogP contribution in [-0.2, 0) is 22.4 Å². The third-order valence-electron chi connectivity index (χ3n) is 3.28. The smallest absolute Gasteiger partial charge is 0.320 e. The minimum absolute atomic E-state index is 0.345. The highest BCUT2D eigenvalue weighted by Gasteiger charge is 2.16. The molecular formula is C14H19NO3. The zero-order valence-corrected chi connectivity index (χ0v) is 10.3. The lowest BCUT2D eigenvalue weighted by atomic mass is 10.0. The standard InChI is InChI=1S/C14H19NO3/c15-13(14(16)17)9-11-5-3-10(4-6-11)8-12-2-1-7-18-12/h3-6,12-13H,1-2,7-9,15H2,(H,16,17). The van der Waals surface area contributed by atoms with E-state index in [1.807, 2.05) is 24.3 Å². The first-order chi connectivity index (χ1) is 8.65. The van der Waals surface area contributed by atoms with Crippen molar-refractivity contribution in [2.24, 2.45) is 5.73 Å². The number of carbonyl (C=O) groups is 1. The number of carboxylic acids is 1. The summed E-state index contributed by atoms with van der Waals surface area (Å²) in [6.45, 7) is 0.871. The molecule has 0 aliphatic carbocycles. The van der Waals surface area contributed by atoms with Crippen LogP contribution in [0, 0.1) is 0 Å². The van der Waals surface area contributed by atoms with Crippen molar-refractivity contribution < 1.29 is 14.6 Å². The Kier molecular flexibility index (Phi) is 4.33. The molecule has 2 rings (SSSR count). The second kappa shape index (κ2) is 5.98. The van der Waals surface area contributed by atoms with E-state index in [-0.39, 0.29) is 0 Å². The summed E-state index contributed by atoms with van der Waals surface area (Å²) in [4.78, 5) is 10.7. The van der Waals surface area contributed by atoms with Gasteiger partial charge in [-0.3, -0.25) is 4.79 Å². The summed E-state index contributed by atoms with van der Waals surface area (Å²) in [7, 11) is 0. The number of hydrogen-bond acceptors (Lipinski definition) is 3. The predicted molar refractivity (Wildman–Crippen MR) is 68.4 cm³/mol. The number of nitrogens with two attached hydrogens (primary N) is 1. The molecule has 0 amide bonds. The van der Waals surface area contributed by atoms with E-state index in [1.54, 1.807) is 0 Å². The lowest BCUT2D eigenvalue weighted by molar-refractivity contribution is -0.138. The average molecular weight is 249 g/mol. The Hall–Kier alpha value is -1.39. The molecule has 0 saturated carbocycles. The molecule has 98 valence electrons. The lowest BCUT2D eigenvalue weighted by Gasteiger charge is -2.10. The van der Waals surface area contributed by atoms with Gasteiger partial charge in [-0.05, 0) is 36.8 Å². The summed E-state index contributed by atoms with van der Waals surface area (Å²) in [5, 5.41) is 8.75. The maximum absolute atomic E-state index is 10.7. The Morgan fingerprint density at radius 2 is 2.06 bits per heavy atom. The van der Waals surface area contributed by atoms with Gasteiger partial charge in [0.15, 0.2) is 0 Å². The Morgan fingerprint density at radius 3 is 2.61 bits per heavy atom. The quantitative estimate of drug-likeness (QED) is 0.826. The fourth-order valence-electron chi connectivity index (χ4n) is 2.22. The highest BCUT2D eigenvalue weighted by atomic mass is 16.5. The van der Waals surface area contributed by atoms with Crippen LogP contribution in [0.3, 0.4) is 0 Å². The summed E-state index contributed by atoms with van der Waals surface area (Å²) in [6.07, 6.45) is 3.93. The monoisotopic (exact) mass is 249 g/mol. The van der Waals surface area contributed by atoms with Crippen molar-refractivity contribution in [2.75, 3.05) is 6.61 Å². The van der Waals surface area contributed by atoms with Crippen LogP contribution < -0.4 is 5.73 Å². The van der Waals surface area contributed by atoms with Gasteiger partial charge in [0.25, 0.3) is 0 Å². The molecule has 1 heterocycles. The van der Waals surface area contributed by atoms with E-state index in [9.17, 15) is 4.79 Å². The molecule has 1 aliphatic heterocycles. The number of ether oxygens (including phenoxy) is 1. The number of carboxylic acid groups (broad SMARTS) is 1. The lowest BCUT2D eigenvalue weighted by Crippen LogP contribution is -2.32. The van der Waals surface area contributed by atoms with Gasteiger partial charge < -0.3 is 15.6 Å². The molecule has 0 bridgehead atoms. The molecular weight excluding hydrogens is 230 g/mol. The van der Waals surface area contributed by atoms with E-state index in [0.717, 1.165) is 31.4 Å². The van der Waals surface area contributed by atoms with Crippen LogP contribution in [0.5, 0.6) is 0 Å². The van der Waals surface area contributed by atoms with Gasteiger partial charge in [0.05, 0.1) is 6.10 Å². The highest BCUT2D eigenvalue weighted by molar-refractivity contribution is 5.73. The Morgan fingerprint density at radius 1 is 1.39 bits per heavy atom. The van der Waals surface area contributed by atoms with Crippen molar-refractivity contribution >= 4 is 5.97 Å². The molecule has 1 aliphatic rings. The van der Waals surface area contributed by atoms with Crippen LogP contribution in [0.4, 0.5) is 0 Å². The van der Waals surface area contributed by atoms with Gasteiger partial charge in [-0.25, -0.2) is 0 Å². The molecule has 1 fully saturated rings. The first-order valence-corrected chi connectivity index (χ1v) is 6.33. The molecule has 2 unspecified atom stereocenters.